The maximum absolute atomic E-state index is 11.6. The van der Waals surface area contributed by atoms with Crippen LogP contribution in [0.3, 0.4) is 0 Å². The molecular formula is C15H20N2O2. The Labute approximate surface area is 112 Å². The highest BCUT2D eigenvalue weighted by Gasteiger charge is 2.07. The van der Waals surface area contributed by atoms with Crippen LogP contribution in [0.4, 0.5) is 0 Å². The number of benzene rings is 1. The van der Waals surface area contributed by atoms with Gasteiger partial charge in [-0.25, -0.2) is 0 Å². The van der Waals surface area contributed by atoms with E-state index in [-0.39, 0.29) is 18.6 Å². The van der Waals surface area contributed by atoms with Crippen molar-refractivity contribution in [3.63, 3.8) is 0 Å². The first-order chi connectivity index (χ1) is 9.20. The number of H-pyrrole nitrogens is 1. The molecule has 4 heteroatoms. The molecule has 0 aliphatic rings. The first-order valence-corrected chi connectivity index (χ1v) is 6.66. The SMILES string of the molecule is C[C@H](CO)NC(=O)CCCc1c[nH]c2ccccc12. The molecule has 1 heterocycles. The summed E-state index contributed by atoms with van der Waals surface area (Å²) in [7, 11) is 0. The third kappa shape index (κ3) is 3.58. The van der Waals surface area contributed by atoms with Crippen LogP contribution in [0, 0.1) is 0 Å². The molecule has 19 heavy (non-hydrogen) atoms. The number of carbonyl (C=O) groups is 1. The number of hydrogen-bond acceptors (Lipinski definition) is 2. The minimum atomic E-state index is -0.166. The molecule has 1 aromatic carbocycles. The third-order valence-electron chi connectivity index (χ3n) is 3.21. The highest BCUT2D eigenvalue weighted by atomic mass is 16.3. The minimum absolute atomic E-state index is 0.00129. The van der Waals surface area contributed by atoms with Crippen molar-refractivity contribution in [3.05, 3.63) is 36.0 Å². The molecule has 0 bridgehead atoms. The van der Waals surface area contributed by atoms with Crippen molar-refractivity contribution in [1.29, 1.82) is 0 Å². The number of carbonyl (C=O) groups excluding carboxylic acids is 1. The van der Waals surface area contributed by atoms with Crippen LogP contribution in [0.25, 0.3) is 10.9 Å². The number of fused-ring (bicyclic) bond motifs is 1. The average molecular weight is 260 g/mol. The molecule has 0 aliphatic heterocycles. The van der Waals surface area contributed by atoms with E-state index in [1.165, 1.54) is 10.9 Å². The van der Waals surface area contributed by atoms with Crippen molar-refractivity contribution < 1.29 is 9.90 Å². The maximum atomic E-state index is 11.6. The zero-order valence-electron chi connectivity index (χ0n) is 11.1. The van der Waals surface area contributed by atoms with E-state index in [0.29, 0.717) is 6.42 Å². The van der Waals surface area contributed by atoms with E-state index in [1.54, 1.807) is 6.92 Å². The van der Waals surface area contributed by atoms with Crippen LogP contribution in [-0.2, 0) is 11.2 Å². The Morgan fingerprint density at radius 1 is 1.42 bits per heavy atom. The summed E-state index contributed by atoms with van der Waals surface area (Å²) in [6.45, 7) is 1.77. The number of aliphatic hydroxyl groups excluding tert-OH is 1. The zero-order valence-corrected chi connectivity index (χ0v) is 11.1. The summed E-state index contributed by atoms with van der Waals surface area (Å²) >= 11 is 0. The van der Waals surface area contributed by atoms with Crippen molar-refractivity contribution in [1.82, 2.24) is 10.3 Å². The van der Waals surface area contributed by atoms with E-state index in [0.717, 1.165) is 18.4 Å². The number of rotatable bonds is 6. The standard InChI is InChI=1S/C15H20N2O2/c1-11(10-18)17-15(19)8-4-5-12-9-16-14-7-3-2-6-13(12)14/h2-3,6-7,9,11,16,18H,4-5,8,10H2,1H3,(H,17,19)/t11-/m1/s1. The molecule has 0 aliphatic carbocycles. The van der Waals surface area contributed by atoms with E-state index < -0.39 is 0 Å². The highest BCUT2D eigenvalue weighted by molar-refractivity contribution is 5.83. The Morgan fingerprint density at radius 3 is 3.00 bits per heavy atom. The molecule has 0 radical (unpaired) electrons. The zero-order chi connectivity index (χ0) is 13.7. The lowest BCUT2D eigenvalue weighted by atomic mass is 10.1. The molecule has 2 aromatic rings. The molecule has 0 spiro atoms. The van der Waals surface area contributed by atoms with Crippen LogP contribution < -0.4 is 5.32 Å². The van der Waals surface area contributed by atoms with Crippen LogP contribution >= 0.6 is 0 Å². The van der Waals surface area contributed by atoms with Gasteiger partial charge in [0.1, 0.15) is 0 Å². The van der Waals surface area contributed by atoms with Gasteiger partial charge in [-0.15, -0.1) is 0 Å². The predicted octanol–water partition coefficient (Wildman–Crippen LogP) is 1.99. The molecule has 0 saturated heterocycles. The van der Waals surface area contributed by atoms with Crippen LogP contribution in [0.5, 0.6) is 0 Å². The molecular weight excluding hydrogens is 240 g/mol. The predicted molar refractivity (Wildman–Crippen MR) is 75.9 cm³/mol. The van der Waals surface area contributed by atoms with Crippen LogP contribution in [0.15, 0.2) is 30.5 Å². The minimum Gasteiger partial charge on any atom is -0.394 e. The van der Waals surface area contributed by atoms with Gasteiger partial charge in [-0.1, -0.05) is 18.2 Å². The Morgan fingerprint density at radius 2 is 2.21 bits per heavy atom. The molecule has 3 N–H and O–H groups in total. The first kappa shape index (κ1) is 13.6. The van der Waals surface area contributed by atoms with Crippen LogP contribution in [0.2, 0.25) is 0 Å². The van der Waals surface area contributed by atoms with Crippen molar-refractivity contribution in [2.24, 2.45) is 0 Å². The van der Waals surface area contributed by atoms with Gasteiger partial charge in [0.05, 0.1) is 6.61 Å². The number of aliphatic hydroxyl groups is 1. The molecule has 1 aromatic heterocycles. The Kier molecular flexibility index (Phi) is 4.58. The van der Waals surface area contributed by atoms with E-state index in [1.807, 2.05) is 18.3 Å². The molecule has 4 nitrogen and oxygen atoms in total. The highest BCUT2D eigenvalue weighted by Crippen LogP contribution is 2.19. The second-order valence-electron chi connectivity index (χ2n) is 4.86. The summed E-state index contributed by atoms with van der Waals surface area (Å²) in [5.41, 5.74) is 2.38. The fourth-order valence-electron chi connectivity index (χ4n) is 2.17. The number of para-hydroxylation sites is 1. The van der Waals surface area contributed by atoms with Gasteiger partial charge in [0.2, 0.25) is 5.91 Å². The summed E-state index contributed by atoms with van der Waals surface area (Å²) in [6, 6.07) is 8.01. The number of hydrogen-bond donors (Lipinski definition) is 3. The smallest absolute Gasteiger partial charge is 0.220 e. The molecule has 102 valence electrons. The van der Waals surface area contributed by atoms with Gasteiger partial charge < -0.3 is 15.4 Å². The second-order valence-corrected chi connectivity index (χ2v) is 4.86. The fourth-order valence-corrected chi connectivity index (χ4v) is 2.17. The molecule has 1 amide bonds. The van der Waals surface area contributed by atoms with Gasteiger partial charge >= 0.3 is 0 Å². The summed E-state index contributed by atoms with van der Waals surface area (Å²) in [5, 5.41) is 12.8. The van der Waals surface area contributed by atoms with Gasteiger partial charge in [-0.3, -0.25) is 4.79 Å². The van der Waals surface area contributed by atoms with Crippen molar-refractivity contribution >= 4 is 16.8 Å². The summed E-state index contributed by atoms with van der Waals surface area (Å²) < 4.78 is 0. The van der Waals surface area contributed by atoms with E-state index in [4.69, 9.17) is 5.11 Å². The Bertz CT molecular complexity index is 548. The molecule has 0 saturated carbocycles. The van der Waals surface area contributed by atoms with E-state index >= 15 is 0 Å². The third-order valence-corrected chi connectivity index (χ3v) is 3.21. The average Bonchev–Trinajstić information content (AvgIpc) is 2.82. The number of amides is 1. The van der Waals surface area contributed by atoms with Crippen molar-refractivity contribution in [2.75, 3.05) is 6.61 Å². The second kappa shape index (κ2) is 6.38. The van der Waals surface area contributed by atoms with Crippen molar-refractivity contribution in [2.45, 2.75) is 32.2 Å². The van der Waals surface area contributed by atoms with E-state index in [9.17, 15) is 4.79 Å². The monoisotopic (exact) mass is 260 g/mol. The van der Waals surface area contributed by atoms with Gasteiger partial charge in [0.25, 0.3) is 0 Å². The van der Waals surface area contributed by atoms with E-state index in [2.05, 4.69) is 22.4 Å². The Balaban J connectivity index is 1.84. The topological polar surface area (TPSA) is 65.1 Å². The van der Waals surface area contributed by atoms with Crippen LogP contribution in [-0.4, -0.2) is 28.6 Å². The van der Waals surface area contributed by atoms with Gasteiger partial charge in [-0.05, 0) is 31.4 Å². The lowest BCUT2D eigenvalue weighted by Crippen LogP contribution is -2.34. The molecule has 1 atom stereocenters. The summed E-state index contributed by atoms with van der Waals surface area (Å²) in [5.74, 6) is 0.00129. The number of aromatic nitrogens is 1. The van der Waals surface area contributed by atoms with Gasteiger partial charge in [0, 0.05) is 29.6 Å². The Hall–Kier alpha value is -1.81. The summed E-state index contributed by atoms with van der Waals surface area (Å²) in [6.07, 6.45) is 4.19. The lowest BCUT2D eigenvalue weighted by Gasteiger charge is -2.10. The van der Waals surface area contributed by atoms with Crippen LogP contribution in [0.1, 0.15) is 25.3 Å². The largest absolute Gasteiger partial charge is 0.394 e. The molecule has 0 unspecified atom stereocenters. The summed E-state index contributed by atoms with van der Waals surface area (Å²) in [4.78, 5) is 14.8. The van der Waals surface area contributed by atoms with Crippen molar-refractivity contribution in [3.8, 4) is 0 Å². The van der Waals surface area contributed by atoms with Gasteiger partial charge in [0.15, 0.2) is 0 Å². The molecule has 0 fully saturated rings. The first-order valence-electron chi connectivity index (χ1n) is 6.66. The maximum Gasteiger partial charge on any atom is 0.220 e. The molecule has 2 rings (SSSR count). The normalized spacial score (nSPS) is 12.5. The number of nitrogens with one attached hydrogen (secondary N) is 2. The number of aromatic amines is 1. The quantitative estimate of drug-likeness (QED) is 0.743. The fraction of sp³-hybridized carbons (Fsp3) is 0.400. The van der Waals surface area contributed by atoms with Gasteiger partial charge in [-0.2, -0.15) is 0 Å². The number of aryl methyl sites for hydroxylation is 1. The lowest BCUT2D eigenvalue weighted by molar-refractivity contribution is -0.122.